The van der Waals surface area contributed by atoms with Crippen LogP contribution in [0.4, 0.5) is 5.82 Å². The zero-order chi connectivity index (χ0) is 25.9. The highest BCUT2D eigenvalue weighted by Crippen LogP contribution is 2.38. The molecule has 2 bridgehead atoms. The normalized spacial score (nSPS) is 21.3. The number of hydrogen-bond acceptors (Lipinski definition) is 5. The van der Waals surface area contributed by atoms with Crippen LogP contribution in [0.5, 0.6) is 5.75 Å². The molecule has 2 unspecified atom stereocenters. The number of benzene rings is 2. The third kappa shape index (κ3) is 5.17. The van der Waals surface area contributed by atoms with Crippen molar-refractivity contribution in [2.45, 2.75) is 63.7 Å². The lowest BCUT2D eigenvalue weighted by Gasteiger charge is -2.40. The minimum Gasteiger partial charge on any atom is -0.496 e. The van der Waals surface area contributed by atoms with Crippen LogP contribution in [0.15, 0.2) is 66.9 Å². The number of hydrogen-bond donors (Lipinski definition) is 2. The maximum absolute atomic E-state index is 13.0. The summed E-state index contributed by atoms with van der Waals surface area (Å²) in [6.07, 6.45) is 5.58. The Morgan fingerprint density at radius 1 is 0.973 bits per heavy atom. The average molecular weight is 499 g/mol. The van der Waals surface area contributed by atoms with E-state index in [1.807, 2.05) is 74.5 Å². The molecule has 0 spiro atoms. The lowest BCUT2D eigenvalue weighted by atomic mass is 9.96. The molecule has 0 radical (unpaired) electrons. The highest BCUT2D eigenvalue weighted by molar-refractivity contribution is 5.96. The molecule has 2 fully saturated rings. The Bertz CT molecular complexity index is 1250. The molecule has 2 saturated heterocycles. The fraction of sp³-hybridized carbons (Fsp3) is 0.367. The van der Waals surface area contributed by atoms with Crippen molar-refractivity contribution >= 4 is 17.6 Å². The molecular formula is C30H34N4O3. The van der Waals surface area contributed by atoms with E-state index in [0.29, 0.717) is 23.2 Å². The number of piperidine rings is 1. The summed E-state index contributed by atoms with van der Waals surface area (Å²) in [6, 6.07) is 20.0. The summed E-state index contributed by atoms with van der Waals surface area (Å²) < 4.78 is 5.38. The molecule has 2 aliphatic heterocycles. The third-order valence-electron chi connectivity index (χ3n) is 7.74. The Morgan fingerprint density at radius 2 is 1.70 bits per heavy atom. The van der Waals surface area contributed by atoms with Gasteiger partial charge in [0.25, 0.3) is 11.8 Å². The van der Waals surface area contributed by atoms with Crippen LogP contribution in [-0.4, -0.2) is 42.0 Å². The second-order valence-electron chi connectivity index (χ2n) is 10.1. The van der Waals surface area contributed by atoms with Crippen LogP contribution < -0.4 is 20.3 Å². The number of fused-ring (bicyclic) bond motifs is 2. The topological polar surface area (TPSA) is 83.6 Å². The molecule has 0 saturated carbocycles. The van der Waals surface area contributed by atoms with E-state index in [-0.39, 0.29) is 23.9 Å². The lowest BCUT2D eigenvalue weighted by molar-refractivity contribution is 0.0922. The van der Waals surface area contributed by atoms with Crippen molar-refractivity contribution < 1.29 is 14.3 Å². The maximum atomic E-state index is 13.0. The molecule has 2 aromatic carbocycles. The first-order valence-electron chi connectivity index (χ1n) is 13.0. The molecule has 3 heterocycles. The van der Waals surface area contributed by atoms with Crippen LogP contribution in [0.1, 0.15) is 70.5 Å². The van der Waals surface area contributed by atoms with Gasteiger partial charge < -0.3 is 20.3 Å². The summed E-state index contributed by atoms with van der Waals surface area (Å²) in [7, 11) is 1.62. The standard InChI is InChI=1S/C30H34N4O3/c1-19-26(10-7-11-27(19)37-3)30(36)33-23-16-24-13-14-25(17-23)34(24)28-15-12-22(18-31-28)29(35)32-20(2)21-8-5-4-6-9-21/h4-12,15,18,20,23-25H,13-14,16-17H2,1-3H3,(H,32,35)(H,33,36)/t20-,23?,24?,25?/m1/s1. The van der Waals surface area contributed by atoms with Gasteiger partial charge in [-0.1, -0.05) is 36.4 Å². The first-order chi connectivity index (χ1) is 17.9. The summed E-state index contributed by atoms with van der Waals surface area (Å²) in [4.78, 5) is 32.9. The van der Waals surface area contributed by atoms with Gasteiger partial charge in [-0.15, -0.1) is 0 Å². The summed E-state index contributed by atoms with van der Waals surface area (Å²) in [6.45, 7) is 3.89. The molecule has 2 aliphatic rings. The van der Waals surface area contributed by atoms with Crippen LogP contribution in [0.2, 0.25) is 0 Å². The van der Waals surface area contributed by atoms with Crippen LogP contribution in [0.25, 0.3) is 0 Å². The smallest absolute Gasteiger partial charge is 0.253 e. The molecule has 3 aromatic rings. The number of carbonyl (C=O) groups is 2. The van der Waals surface area contributed by atoms with E-state index in [2.05, 4.69) is 20.5 Å². The minimum absolute atomic E-state index is 0.0486. The van der Waals surface area contributed by atoms with Crippen molar-refractivity contribution in [3.05, 3.63) is 89.1 Å². The minimum atomic E-state index is -0.132. The second kappa shape index (κ2) is 10.6. The van der Waals surface area contributed by atoms with E-state index in [0.717, 1.165) is 48.4 Å². The molecule has 37 heavy (non-hydrogen) atoms. The maximum Gasteiger partial charge on any atom is 0.253 e. The van der Waals surface area contributed by atoms with E-state index >= 15 is 0 Å². The number of nitrogens with one attached hydrogen (secondary N) is 2. The zero-order valence-corrected chi connectivity index (χ0v) is 21.6. The number of carbonyl (C=O) groups excluding carboxylic acids is 2. The highest BCUT2D eigenvalue weighted by Gasteiger charge is 2.42. The number of methoxy groups -OCH3 is 1. The number of amides is 2. The van der Waals surface area contributed by atoms with Gasteiger partial charge in [0.15, 0.2) is 0 Å². The number of pyridine rings is 1. The zero-order valence-electron chi connectivity index (χ0n) is 21.6. The van der Waals surface area contributed by atoms with E-state index in [1.165, 1.54) is 0 Å². The second-order valence-corrected chi connectivity index (χ2v) is 10.1. The van der Waals surface area contributed by atoms with Gasteiger partial charge in [-0.05, 0) is 69.4 Å². The van der Waals surface area contributed by atoms with Crippen LogP contribution in [0.3, 0.4) is 0 Å². The quantitative estimate of drug-likeness (QED) is 0.488. The van der Waals surface area contributed by atoms with Crippen molar-refractivity contribution in [3.8, 4) is 5.75 Å². The molecule has 3 atom stereocenters. The van der Waals surface area contributed by atoms with Crippen molar-refractivity contribution in [1.82, 2.24) is 15.6 Å². The van der Waals surface area contributed by atoms with Crippen molar-refractivity contribution in [2.75, 3.05) is 12.0 Å². The van der Waals surface area contributed by atoms with Gasteiger partial charge in [0, 0.05) is 35.4 Å². The van der Waals surface area contributed by atoms with Crippen LogP contribution >= 0.6 is 0 Å². The summed E-state index contributed by atoms with van der Waals surface area (Å²) in [5, 5.41) is 6.31. The van der Waals surface area contributed by atoms with E-state index in [4.69, 9.17) is 4.74 Å². The highest BCUT2D eigenvalue weighted by atomic mass is 16.5. The number of aromatic nitrogens is 1. The van der Waals surface area contributed by atoms with Crippen molar-refractivity contribution in [1.29, 1.82) is 0 Å². The van der Waals surface area contributed by atoms with E-state index in [9.17, 15) is 9.59 Å². The molecule has 0 aliphatic carbocycles. The Hall–Kier alpha value is -3.87. The summed E-state index contributed by atoms with van der Waals surface area (Å²) >= 11 is 0. The Labute approximate surface area is 218 Å². The van der Waals surface area contributed by atoms with Crippen LogP contribution in [-0.2, 0) is 0 Å². The number of nitrogens with zero attached hydrogens (tertiary/aromatic N) is 2. The van der Waals surface area contributed by atoms with Gasteiger partial charge in [-0.25, -0.2) is 4.98 Å². The van der Waals surface area contributed by atoms with Gasteiger partial charge in [0.05, 0.1) is 18.7 Å². The fourth-order valence-electron chi connectivity index (χ4n) is 5.79. The van der Waals surface area contributed by atoms with Gasteiger partial charge in [0.2, 0.25) is 0 Å². The third-order valence-corrected chi connectivity index (χ3v) is 7.74. The molecule has 2 amide bonds. The van der Waals surface area contributed by atoms with Gasteiger partial charge in [0.1, 0.15) is 11.6 Å². The molecule has 5 rings (SSSR count). The molecule has 7 nitrogen and oxygen atoms in total. The fourth-order valence-corrected chi connectivity index (χ4v) is 5.79. The predicted molar refractivity (Wildman–Crippen MR) is 144 cm³/mol. The van der Waals surface area contributed by atoms with Crippen LogP contribution in [0, 0.1) is 6.92 Å². The van der Waals surface area contributed by atoms with E-state index < -0.39 is 0 Å². The van der Waals surface area contributed by atoms with Gasteiger partial charge in [-0.3, -0.25) is 9.59 Å². The molecular weight excluding hydrogens is 464 g/mol. The Balaban J connectivity index is 1.21. The van der Waals surface area contributed by atoms with Gasteiger partial charge >= 0.3 is 0 Å². The Kier molecular flexibility index (Phi) is 7.12. The Morgan fingerprint density at radius 3 is 2.35 bits per heavy atom. The average Bonchev–Trinajstić information content (AvgIpc) is 3.19. The number of anilines is 1. The molecule has 192 valence electrons. The van der Waals surface area contributed by atoms with Gasteiger partial charge in [-0.2, -0.15) is 0 Å². The van der Waals surface area contributed by atoms with Crippen molar-refractivity contribution in [2.24, 2.45) is 0 Å². The van der Waals surface area contributed by atoms with E-state index in [1.54, 1.807) is 13.3 Å². The number of rotatable bonds is 7. The monoisotopic (exact) mass is 498 g/mol. The largest absolute Gasteiger partial charge is 0.496 e. The SMILES string of the molecule is COc1cccc(C(=O)NC2CC3CCC(C2)N3c2ccc(C(=O)N[C@H](C)c3ccccc3)cn2)c1C. The van der Waals surface area contributed by atoms with Crippen molar-refractivity contribution in [3.63, 3.8) is 0 Å². The number of ether oxygens (including phenoxy) is 1. The predicted octanol–water partition coefficient (Wildman–Crippen LogP) is 4.82. The molecule has 1 aromatic heterocycles. The lowest BCUT2D eigenvalue weighted by Crippen LogP contribution is -2.50. The first-order valence-corrected chi connectivity index (χ1v) is 13.0. The summed E-state index contributed by atoms with van der Waals surface area (Å²) in [5.41, 5.74) is 3.13. The first kappa shape index (κ1) is 24.8. The summed E-state index contributed by atoms with van der Waals surface area (Å²) in [5.74, 6) is 1.44. The molecule has 7 heteroatoms. The molecule has 2 N–H and O–H groups in total.